The molecule has 2 aliphatic heterocycles. The first-order valence-electron chi connectivity index (χ1n) is 7.28. The van der Waals surface area contributed by atoms with Crippen molar-refractivity contribution in [3.8, 4) is 0 Å². The lowest BCUT2D eigenvalue weighted by molar-refractivity contribution is -0.154. The van der Waals surface area contributed by atoms with Gasteiger partial charge in [0.2, 0.25) is 0 Å². The number of carbonyl (C=O) groups excluding carboxylic acids is 2. The molecular formula is C15H18O9. The Hall–Kier alpha value is -2.39. The van der Waals surface area contributed by atoms with Crippen LogP contribution < -0.4 is 0 Å². The lowest BCUT2D eigenvalue weighted by Gasteiger charge is -2.17. The van der Waals surface area contributed by atoms with Crippen LogP contribution in [0, 0.1) is 0 Å². The van der Waals surface area contributed by atoms with Crippen molar-refractivity contribution in [1.82, 2.24) is 0 Å². The van der Waals surface area contributed by atoms with Crippen molar-refractivity contribution in [2.45, 2.75) is 37.3 Å². The van der Waals surface area contributed by atoms with Crippen LogP contribution in [0.4, 0.5) is 0 Å². The van der Waals surface area contributed by atoms with E-state index in [2.05, 4.69) is 6.58 Å². The van der Waals surface area contributed by atoms with Gasteiger partial charge in [0.15, 0.2) is 12.2 Å². The maximum Gasteiger partial charge on any atom is 0.331 e. The van der Waals surface area contributed by atoms with Crippen LogP contribution in [0.2, 0.25) is 0 Å². The first-order valence-corrected chi connectivity index (χ1v) is 7.28. The molecule has 0 unspecified atom stereocenters. The fourth-order valence-corrected chi connectivity index (χ4v) is 2.43. The molecule has 0 spiro atoms. The minimum Gasteiger partial charge on any atom is -0.513 e. The topological polar surface area (TPSA) is 129 Å². The van der Waals surface area contributed by atoms with Crippen molar-refractivity contribution in [2.24, 2.45) is 0 Å². The summed E-state index contributed by atoms with van der Waals surface area (Å²) in [4.78, 5) is 33.5. The van der Waals surface area contributed by atoms with Crippen LogP contribution in [0.15, 0.2) is 24.5 Å². The number of ether oxygens (including phenoxy) is 4. The zero-order valence-electron chi connectivity index (χ0n) is 12.8. The van der Waals surface area contributed by atoms with Crippen LogP contribution in [0.1, 0.15) is 12.8 Å². The maximum absolute atomic E-state index is 11.7. The summed E-state index contributed by atoms with van der Waals surface area (Å²) in [6.07, 6.45) is -0.923. The Kier molecular flexibility index (Phi) is 5.93. The first-order chi connectivity index (χ1) is 11.4. The van der Waals surface area contributed by atoms with Gasteiger partial charge in [-0.3, -0.25) is 4.79 Å². The predicted molar refractivity (Wildman–Crippen MR) is 77.0 cm³/mol. The van der Waals surface area contributed by atoms with E-state index < -0.39 is 42.3 Å². The van der Waals surface area contributed by atoms with Crippen LogP contribution in [-0.4, -0.2) is 65.8 Å². The SMILES string of the molecule is C=C(O)CCC(=O)O[C@@H]1CO[C@H]2[C@@H]1OC[C@H]2OC(=O)/C=C\C(=O)O. The Balaban J connectivity index is 1.83. The molecule has 2 fully saturated rings. The molecule has 2 saturated heterocycles. The number of fused-ring (bicyclic) bond motifs is 1. The number of carboxylic acid groups (broad SMARTS) is 1. The van der Waals surface area contributed by atoms with Crippen molar-refractivity contribution < 1.29 is 43.5 Å². The van der Waals surface area contributed by atoms with Gasteiger partial charge in [-0.2, -0.15) is 0 Å². The van der Waals surface area contributed by atoms with E-state index in [9.17, 15) is 14.4 Å². The van der Waals surface area contributed by atoms with E-state index in [1.807, 2.05) is 0 Å². The van der Waals surface area contributed by atoms with Crippen LogP contribution >= 0.6 is 0 Å². The van der Waals surface area contributed by atoms with Gasteiger partial charge in [0.1, 0.15) is 12.2 Å². The Labute approximate surface area is 137 Å². The monoisotopic (exact) mass is 342 g/mol. The van der Waals surface area contributed by atoms with Gasteiger partial charge in [0, 0.05) is 18.6 Å². The second-order valence-electron chi connectivity index (χ2n) is 5.34. The molecule has 132 valence electrons. The molecule has 2 rings (SSSR count). The largest absolute Gasteiger partial charge is 0.513 e. The molecular weight excluding hydrogens is 324 g/mol. The quantitative estimate of drug-likeness (QED) is 0.376. The molecule has 9 heteroatoms. The van der Waals surface area contributed by atoms with Gasteiger partial charge < -0.3 is 29.2 Å². The standard InChI is InChI=1S/C15H18O9/c1-8(16)2-4-12(19)23-9-6-21-15-10(7-22-14(9)15)24-13(20)5-3-11(17)18/h3,5,9-10,14-16H,1-2,4,6-7H2,(H,17,18)/b5-3-/t9-,10-,14-,15-/m1/s1. The van der Waals surface area contributed by atoms with Crippen molar-refractivity contribution in [3.05, 3.63) is 24.5 Å². The molecule has 0 radical (unpaired) electrons. The summed E-state index contributed by atoms with van der Waals surface area (Å²) in [5.41, 5.74) is 0. The molecule has 9 nitrogen and oxygen atoms in total. The Morgan fingerprint density at radius 2 is 1.58 bits per heavy atom. The summed E-state index contributed by atoms with van der Waals surface area (Å²) in [6.45, 7) is 3.44. The fourth-order valence-electron chi connectivity index (χ4n) is 2.43. The van der Waals surface area contributed by atoms with E-state index in [0.717, 1.165) is 6.08 Å². The minimum atomic E-state index is -1.26. The molecule has 24 heavy (non-hydrogen) atoms. The van der Waals surface area contributed by atoms with Crippen LogP contribution in [0.5, 0.6) is 0 Å². The number of rotatable bonds is 7. The Morgan fingerprint density at radius 3 is 2.12 bits per heavy atom. The zero-order valence-corrected chi connectivity index (χ0v) is 12.8. The third-order valence-electron chi connectivity index (χ3n) is 3.49. The Morgan fingerprint density at radius 1 is 1.00 bits per heavy atom. The highest BCUT2D eigenvalue weighted by atomic mass is 16.7. The highest BCUT2D eigenvalue weighted by Crippen LogP contribution is 2.31. The van der Waals surface area contributed by atoms with E-state index in [-0.39, 0.29) is 31.8 Å². The number of aliphatic hydroxyl groups excluding tert-OH is 1. The van der Waals surface area contributed by atoms with Gasteiger partial charge >= 0.3 is 17.9 Å². The van der Waals surface area contributed by atoms with Gasteiger partial charge in [0.05, 0.1) is 25.4 Å². The number of hydrogen-bond donors (Lipinski definition) is 2. The van der Waals surface area contributed by atoms with Gasteiger partial charge in [-0.1, -0.05) is 6.58 Å². The van der Waals surface area contributed by atoms with E-state index in [4.69, 9.17) is 29.2 Å². The fraction of sp³-hybridized carbons (Fsp3) is 0.533. The van der Waals surface area contributed by atoms with E-state index in [1.165, 1.54) is 0 Å². The smallest absolute Gasteiger partial charge is 0.331 e. The van der Waals surface area contributed by atoms with Gasteiger partial charge in [0.25, 0.3) is 0 Å². The summed E-state index contributed by atoms with van der Waals surface area (Å²) in [5, 5.41) is 17.4. The molecule has 0 bridgehead atoms. The average Bonchev–Trinajstić information content (AvgIpc) is 3.07. The number of allylic oxidation sites excluding steroid dienone is 1. The van der Waals surface area contributed by atoms with Crippen LogP contribution in [-0.2, 0) is 33.3 Å². The molecule has 0 aromatic heterocycles. The lowest BCUT2D eigenvalue weighted by atomic mass is 10.1. The predicted octanol–water partition coefficient (Wildman–Crippen LogP) is 0.100. The van der Waals surface area contributed by atoms with Crippen LogP contribution in [0.3, 0.4) is 0 Å². The number of carbonyl (C=O) groups is 3. The second-order valence-corrected chi connectivity index (χ2v) is 5.34. The van der Waals surface area contributed by atoms with E-state index in [0.29, 0.717) is 6.08 Å². The van der Waals surface area contributed by atoms with E-state index in [1.54, 1.807) is 0 Å². The molecule has 0 aromatic rings. The van der Waals surface area contributed by atoms with Crippen molar-refractivity contribution in [3.63, 3.8) is 0 Å². The number of carboxylic acids is 1. The number of hydrogen-bond acceptors (Lipinski definition) is 8. The normalized spacial score (nSPS) is 28.5. The number of esters is 2. The minimum absolute atomic E-state index is 0.0123. The summed E-state index contributed by atoms with van der Waals surface area (Å²) in [6, 6.07) is 0. The third kappa shape index (κ3) is 4.80. The van der Waals surface area contributed by atoms with Crippen molar-refractivity contribution in [1.29, 1.82) is 0 Å². The maximum atomic E-state index is 11.7. The molecule has 0 amide bonds. The third-order valence-corrected chi connectivity index (χ3v) is 3.49. The molecule has 4 atom stereocenters. The van der Waals surface area contributed by atoms with Gasteiger partial charge in [-0.15, -0.1) is 0 Å². The first kappa shape index (κ1) is 18.0. The second kappa shape index (κ2) is 7.93. The lowest BCUT2D eigenvalue weighted by Crippen LogP contribution is -2.35. The molecule has 0 saturated carbocycles. The highest BCUT2D eigenvalue weighted by molar-refractivity contribution is 5.90. The molecule has 0 aliphatic carbocycles. The number of aliphatic carboxylic acids is 1. The summed E-state index contributed by atoms with van der Waals surface area (Å²) in [7, 11) is 0. The van der Waals surface area contributed by atoms with Crippen molar-refractivity contribution >= 4 is 17.9 Å². The summed E-state index contributed by atoms with van der Waals surface area (Å²) < 4.78 is 21.3. The zero-order chi connectivity index (χ0) is 17.7. The molecule has 2 aliphatic rings. The van der Waals surface area contributed by atoms with Crippen LogP contribution in [0.25, 0.3) is 0 Å². The highest BCUT2D eigenvalue weighted by Gasteiger charge is 2.51. The molecule has 0 aromatic carbocycles. The van der Waals surface area contributed by atoms with E-state index >= 15 is 0 Å². The van der Waals surface area contributed by atoms with Crippen molar-refractivity contribution in [2.75, 3.05) is 13.2 Å². The van der Waals surface area contributed by atoms with Gasteiger partial charge in [-0.05, 0) is 0 Å². The molecule has 2 heterocycles. The average molecular weight is 342 g/mol. The number of aliphatic hydroxyl groups is 1. The summed E-state index contributed by atoms with van der Waals surface area (Å²) >= 11 is 0. The summed E-state index contributed by atoms with van der Waals surface area (Å²) in [5.74, 6) is -2.71. The molecule has 2 N–H and O–H groups in total. The van der Waals surface area contributed by atoms with Gasteiger partial charge in [-0.25, -0.2) is 9.59 Å². The Bertz CT molecular complexity index is 553.